The van der Waals surface area contributed by atoms with Gasteiger partial charge in [0.25, 0.3) is 0 Å². The van der Waals surface area contributed by atoms with Gasteiger partial charge in [-0.1, -0.05) is 42.8 Å². The third-order valence-electron chi connectivity index (χ3n) is 5.23. The summed E-state index contributed by atoms with van der Waals surface area (Å²) < 4.78 is 3.01. The second-order valence-electron chi connectivity index (χ2n) is 7.21. The fourth-order valence-corrected chi connectivity index (χ4v) is 3.71. The van der Waals surface area contributed by atoms with Crippen LogP contribution in [0.1, 0.15) is 43.6 Å². The molecule has 1 unspecified atom stereocenters. The predicted octanol–water partition coefficient (Wildman–Crippen LogP) is 2.80. The van der Waals surface area contributed by atoms with Gasteiger partial charge in [0, 0.05) is 13.0 Å². The minimum Gasteiger partial charge on any atom is -0.348 e. The number of rotatable bonds is 4. The molecular formula is C21H24N4O2. The molecule has 0 saturated carbocycles. The van der Waals surface area contributed by atoms with E-state index in [1.54, 1.807) is 4.57 Å². The van der Waals surface area contributed by atoms with E-state index in [0.29, 0.717) is 6.54 Å². The summed E-state index contributed by atoms with van der Waals surface area (Å²) in [5, 5.41) is 9.67. The van der Waals surface area contributed by atoms with Crippen molar-refractivity contribution in [3.63, 3.8) is 0 Å². The third kappa shape index (κ3) is 3.65. The maximum absolute atomic E-state index is 12.5. The second-order valence-corrected chi connectivity index (χ2v) is 7.21. The first-order valence-electron chi connectivity index (χ1n) is 9.56. The monoisotopic (exact) mass is 364 g/mol. The fraction of sp³-hybridized carbons (Fsp3) is 0.381. The van der Waals surface area contributed by atoms with Crippen LogP contribution in [0, 0.1) is 0 Å². The van der Waals surface area contributed by atoms with Crippen LogP contribution in [0.2, 0.25) is 0 Å². The van der Waals surface area contributed by atoms with Gasteiger partial charge in [0.05, 0.1) is 6.04 Å². The number of nitrogens with one attached hydrogen (secondary N) is 1. The molecule has 1 N–H and O–H groups in total. The molecule has 6 heteroatoms. The van der Waals surface area contributed by atoms with Gasteiger partial charge in [-0.05, 0) is 42.2 Å². The zero-order valence-electron chi connectivity index (χ0n) is 15.5. The first-order chi connectivity index (χ1) is 13.1. The number of amides is 1. The number of fused-ring (bicyclic) bond motifs is 2. The van der Waals surface area contributed by atoms with Crippen LogP contribution in [0.3, 0.4) is 0 Å². The van der Waals surface area contributed by atoms with Crippen LogP contribution in [0.25, 0.3) is 10.8 Å². The highest BCUT2D eigenvalue weighted by Gasteiger charge is 2.18. The summed E-state index contributed by atoms with van der Waals surface area (Å²) in [6, 6.07) is 14.2. The molecular weight excluding hydrogens is 340 g/mol. The van der Waals surface area contributed by atoms with Crippen LogP contribution in [0.15, 0.2) is 47.3 Å². The standard InChI is InChI=1S/C21H24N4O2/c1-15(17-11-10-16-7-4-5-8-18(16)13-17)22-20(26)14-25-21(27)24-12-6-2-3-9-19(24)23-25/h4-5,7-8,10-11,13,15H,2-3,6,9,12,14H2,1H3,(H,22,26). The van der Waals surface area contributed by atoms with E-state index >= 15 is 0 Å². The number of benzene rings is 2. The maximum Gasteiger partial charge on any atom is 0.346 e. The lowest BCUT2D eigenvalue weighted by molar-refractivity contribution is -0.122. The molecule has 0 bridgehead atoms. The summed E-state index contributed by atoms with van der Waals surface area (Å²) in [5.74, 6) is 0.596. The first kappa shape index (κ1) is 17.5. The summed E-state index contributed by atoms with van der Waals surface area (Å²) in [4.78, 5) is 25.0. The zero-order chi connectivity index (χ0) is 18.8. The van der Waals surface area contributed by atoms with E-state index < -0.39 is 0 Å². The van der Waals surface area contributed by atoms with Crippen molar-refractivity contribution < 1.29 is 4.79 Å². The normalized spacial score (nSPS) is 15.1. The number of aromatic nitrogens is 3. The van der Waals surface area contributed by atoms with Crippen molar-refractivity contribution in [1.29, 1.82) is 0 Å². The van der Waals surface area contributed by atoms with Gasteiger partial charge in [-0.3, -0.25) is 9.36 Å². The number of aryl methyl sites for hydroxylation is 1. The van der Waals surface area contributed by atoms with E-state index in [0.717, 1.165) is 42.5 Å². The molecule has 0 radical (unpaired) electrons. The molecule has 1 aliphatic rings. The van der Waals surface area contributed by atoms with E-state index in [-0.39, 0.29) is 24.2 Å². The van der Waals surface area contributed by atoms with Gasteiger partial charge in [-0.25, -0.2) is 9.48 Å². The molecule has 1 amide bonds. The van der Waals surface area contributed by atoms with E-state index in [1.165, 1.54) is 10.1 Å². The van der Waals surface area contributed by atoms with Crippen molar-refractivity contribution in [2.24, 2.45) is 0 Å². The Morgan fingerprint density at radius 2 is 1.96 bits per heavy atom. The topological polar surface area (TPSA) is 68.9 Å². The quantitative estimate of drug-likeness (QED) is 0.774. The predicted molar refractivity (Wildman–Crippen MR) is 105 cm³/mol. The Kier molecular flexibility index (Phi) is 4.79. The fourth-order valence-electron chi connectivity index (χ4n) is 3.71. The molecule has 0 aliphatic carbocycles. The summed E-state index contributed by atoms with van der Waals surface area (Å²) in [6.45, 7) is 2.60. The largest absolute Gasteiger partial charge is 0.348 e. The van der Waals surface area contributed by atoms with Crippen LogP contribution in [-0.2, 0) is 24.3 Å². The van der Waals surface area contributed by atoms with Crippen molar-refractivity contribution >= 4 is 16.7 Å². The van der Waals surface area contributed by atoms with E-state index in [9.17, 15) is 9.59 Å². The lowest BCUT2D eigenvalue weighted by Gasteiger charge is -2.15. The lowest BCUT2D eigenvalue weighted by Crippen LogP contribution is -2.35. The molecule has 27 heavy (non-hydrogen) atoms. The van der Waals surface area contributed by atoms with Gasteiger partial charge < -0.3 is 5.32 Å². The molecule has 4 rings (SSSR count). The Balaban J connectivity index is 1.46. The molecule has 3 aromatic rings. The highest BCUT2D eigenvalue weighted by molar-refractivity contribution is 5.83. The number of carbonyl (C=O) groups is 1. The molecule has 2 heterocycles. The molecule has 1 aliphatic heterocycles. The number of nitrogens with zero attached hydrogens (tertiary/aromatic N) is 3. The first-order valence-corrected chi connectivity index (χ1v) is 9.56. The Morgan fingerprint density at radius 1 is 1.15 bits per heavy atom. The highest BCUT2D eigenvalue weighted by Crippen LogP contribution is 2.20. The van der Waals surface area contributed by atoms with Crippen LogP contribution >= 0.6 is 0 Å². The lowest BCUT2D eigenvalue weighted by atomic mass is 10.0. The number of hydrogen-bond acceptors (Lipinski definition) is 3. The van der Waals surface area contributed by atoms with Crippen molar-refractivity contribution in [2.75, 3.05) is 0 Å². The van der Waals surface area contributed by atoms with Crippen LogP contribution < -0.4 is 11.0 Å². The van der Waals surface area contributed by atoms with Gasteiger partial charge in [-0.15, -0.1) is 0 Å². The van der Waals surface area contributed by atoms with Crippen LogP contribution in [0.5, 0.6) is 0 Å². The summed E-state index contributed by atoms with van der Waals surface area (Å²) >= 11 is 0. The van der Waals surface area contributed by atoms with Crippen molar-refractivity contribution in [3.05, 3.63) is 64.3 Å². The van der Waals surface area contributed by atoms with Crippen molar-refractivity contribution in [2.45, 2.75) is 51.7 Å². The van der Waals surface area contributed by atoms with E-state index in [2.05, 4.69) is 34.7 Å². The van der Waals surface area contributed by atoms with Gasteiger partial charge >= 0.3 is 5.69 Å². The summed E-state index contributed by atoms with van der Waals surface area (Å²) in [5.41, 5.74) is 0.857. The minimum atomic E-state index is -0.203. The average molecular weight is 364 g/mol. The number of carbonyl (C=O) groups excluding carboxylic acids is 1. The average Bonchev–Trinajstić information content (AvgIpc) is 2.84. The SMILES string of the molecule is CC(NC(=O)Cn1nc2n(c1=O)CCCCC2)c1ccc2ccccc2c1. The van der Waals surface area contributed by atoms with E-state index in [4.69, 9.17) is 0 Å². The van der Waals surface area contributed by atoms with Gasteiger partial charge in [0.2, 0.25) is 5.91 Å². The second kappa shape index (κ2) is 7.39. The molecule has 1 aromatic heterocycles. The molecule has 1 atom stereocenters. The molecule has 6 nitrogen and oxygen atoms in total. The van der Waals surface area contributed by atoms with Gasteiger partial charge in [-0.2, -0.15) is 5.10 Å². The minimum absolute atomic E-state index is 0.0449. The zero-order valence-corrected chi connectivity index (χ0v) is 15.5. The highest BCUT2D eigenvalue weighted by atomic mass is 16.2. The third-order valence-corrected chi connectivity index (χ3v) is 5.23. The Morgan fingerprint density at radius 3 is 2.81 bits per heavy atom. The van der Waals surface area contributed by atoms with Gasteiger partial charge in [0.1, 0.15) is 12.4 Å². The van der Waals surface area contributed by atoms with Crippen molar-refractivity contribution in [1.82, 2.24) is 19.7 Å². The van der Waals surface area contributed by atoms with Crippen LogP contribution in [0.4, 0.5) is 0 Å². The van der Waals surface area contributed by atoms with E-state index in [1.807, 2.05) is 25.1 Å². The molecule has 0 fully saturated rings. The Labute approximate surface area is 157 Å². The molecule has 2 aromatic carbocycles. The summed E-state index contributed by atoms with van der Waals surface area (Å²) in [6.07, 6.45) is 3.95. The molecule has 140 valence electrons. The molecule has 0 saturated heterocycles. The molecule has 0 spiro atoms. The van der Waals surface area contributed by atoms with Gasteiger partial charge in [0.15, 0.2) is 0 Å². The number of hydrogen-bond donors (Lipinski definition) is 1. The maximum atomic E-state index is 12.5. The summed E-state index contributed by atoms with van der Waals surface area (Å²) in [7, 11) is 0. The smallest absolute Gasteiger partial charge is 0.346 e. The van der Waals surface area contributed by atoms with Crippen LogP contribution in [-0.4, -0.2) is 20.3 Å². The van der Waals surface area contributed by atoms with Crippen molar-refractivity contribution in [3.8, 4) is 0 Å². The Bertz CT molecular complexity index is 1030. The Hall–Kier alpha value is -2.89.